The molecule has 0 aliphatic heterocycles. The number of aliphatic hydroxyl groups is 2. The number of alkyl halides is 2. The first-order valence-electron chi connectivity index (χ1n) is 14.2. The van der Waals surface area contributed by atoms with Crippen molar-refractivity contribution in [2.24, 2.45) is 0 Å². The molecule has 228 valence electrons. The lowest BCUT2D eigenvalue weighted by molar-refractivity contribution is -0.204. The Morgan fingerprint density at radius 3 is 1.21 bits per heavy atom. The normalized spacial score (nSPS) is 15.1. The Morgan fingerprint density at radius 2 is 0.814 bits per heavy atom. The first kappa shape index (κ1) is 33.1. The van der Waals surface area contributed by atoms with E-state index in [0.29, 0.717) is 6.61 Å². The van der Waals surface area contributed by atoms with Gasteiger partial charge in [-0.05, 0) is 22.3 Å². The number of rotatable bonds is 18. The smallest absolute Gasteiger partial charge is 0.136 e. The lowest BCUT2D eigenvalue weighted by Crippen LogP contribution is -2.54. The Labute approximate surface area is 263 Å². The molecule has 4 rings (SSSR count). The van der Waals surface area contributed by atoms with E-state index in [4.69, 9.17) is 42.1 Å². The second-order valence-corrected chi connectivity index (χ2v) is 11.3. The van der Waals surface area contributed by atoms with Gasteiger partial charge in [-0.3, -0.25) is 0 Å². The Hall–Kier alpha value is -2.78. The second kappa shape index (κ2) is 18.1. The molecule has 0 aliphatic rings. The maximum absolute atomic E-state index is 11.6. The van der Waals surface area contributed by atoms with Crippen molar-refractivity contribution in [3.05, 3.63) is 144 Å². The van der Waals surface area contributed by atoms with Crippen molar-refractivity contribution in [3.63, 3.8) is 0 Å². The number of aliphatic hydroxyl groups excluding tert-OH is 2. The van der Waals surface area contributed by atoms with Crippen LogP contribution in [0.15, 0.2) is 121 Å². The van der Waals surface area contributed by atoms with Gasteiger partial charge in [0.2, 0.25) is 0 Å². The maximum Gasteiger partial charge on any atom is 0.136 e. The van der Waals surface area contributed by atoms with Gasteiger partial charge in [0.25, 0.3) is 0 Å². The van der Waals surface area contributed by atoms with Gasteiger partial charge in [-0.1, -0.05) is 121 Å². The fourth-order valence-corrected chi connectivity index (χ4v) is 4.89. The van der Waals surface area contributed by atoms with Crippen LogP contribution in [0.2, 0.25) is 0 Å². The molecule has 4 aromatic rings. The van der Waals surface area contributed by atoms with Gasteiger partial charge in [-0.2, -0.15) is 0 Å². The summed E-state index contributed by atoms with van der Waals surface area (Å²) in [6, 6.07) is 38.4. The van der Waals surface area contributed by atoms with E-state index in [0.717, 1.165) is 22.3 Å². The minimum absolute atomic E-state index is 0.0494. The van der Waals surface area contributed by atoms with Gasteiger partial charge in [0.1, 0.15) is 35.4 Å². The number of hydrogen-bond acceptors (Lipinski definition) is 6. The fraction of sp³-hybridized carbons (Fsp3) is 0.314. The summed E-state index contributed by atoms with van der Waals surface area (Å²) in [6.45, 7) is 0.758. The van der Waals surface area contributed by atoms with Gasteiger partial charge >= 0.3 is 0 Å². The summed E-state index contributed by atoms with van der Waals surface area (Å²) in [4.78, 5) is -1.19. The summed E-state index contributed by atoms with van der Waals surface area (Å²) in [5, 5.41) is 22.8. The van der Waals surface area contributed by atoms with Crippen LogP contribution in [-0.4, -0.2) is 52.2 Å². The average Bonchev–Trinajstić information content (AvgIpc) is 3.05. The molecule has 0 fully saturated rings. The molecule has 0 spiro atoms. The highest BCUT2D eigenvalue weighted by Crippen LogP contribution is 2.26. The van der Waals surface area contributed by atoms with Crippen molar-refractivity contribution >= 4 is 23.2 Å². The van der Waals surface area contributed by atoms with Gasteiger partial charge in [-0.25, -0.2) is 0 Å². The maximum atomic E-state index is 11.6. The predicted molar refractivity (Wildman–Crippen MR) is 169 cm³/mol. The standard InChI is InChI=1S/C35H38Cl2O6/c36-35(37)31(39)33(42-23-28-17-9-3-10-18-28)34(43-24-29-19-11-4-12-20-29)32(41-22-27-15-7-2-8-16-27)30(38)25-40-21-26-13-5-1-6-14-26/h1-20,30-35,38-39H,21-25H2/t30-,31?,32-,33-,34+/m1/s1. The van der Waals surface area contributed by atoms with E-state index in [2.05, 4.69) is 0 Å². The van der Waals surface area contributed by atoms with Gasteiger partial charge < -0.3 is 29.2 Å². The summed E-state index contributed by atoms with van der Waals surface area (Å²) in [5.74, 6) is 0. The van der Waals surface area contributed by atoms with Crippen molar-refractivity contribution in [1.29, 1.82) is 0 Å². The summed E-state index contributed by atoms with van der Waals surface area (Å²) < 4.78 is 25.0. The molecule has 0 amide bonds. The van der Waals surface area contributed by atoms with E-state index in [-0.39, 0.29) is 26.4 Å². The van der Waals surface area contributed by atoms with E-state index >= 15 is 0 Å². The minimum Gasteiger partial charge on any atom is -0.388 e. The van der Waals surface area contributed by atoms with Crippen LogP contribution in [0.5, 0.6) is 0 Å². The molecule has 0 heterocycles. The van der Waals surface area contributed by atoms with Crippen LogP contribution in [-0.2, 0) is 45.4 Å². The topological polar surface area (TPSA) is 77.4 Å². The number of benzene rings is 4. The molecule has 0 bridgehead atoms. The van der Waals surface area contributed by atoms with Crippen molar-refractivity contribution in [2.45, 2.75) is 61.8 Å². The van der Waals surface area contributed by atoms with Crippen LogP contribution in [0.3, 0.4) is 0 Å². The molecule has 0 saturated carbocycles. The van der Waals surface area contributed by atoms with E-state index < -0.39 is 35.4 Å². The SMILES string of the molecule is OC(C(Cl)Cl)[C@@H](OCc1ccccc1)[C@@H](OCc1ccccc1)[C@H](OCc1ccccc1)[C@H](O)COCc1ccccc1. The highest BCUT2D eigenvalue weighted by atomic mass is 35.5. The van der Waals surface area contributed by atoms with Gasteiger partial charge in [0.15, 0.2) is 0 Å². The summed E-state index contributed by atoms with van der Waals surface area (Å²) in [6.07, 6.45) is -5.53. The van der Waals surface area contributed by atoms with Crippen LogP contribution in [0.25, 0.3) is 0 Å². The molecular weight excluding hydrogens is 587 g/mol. The van der Waals surface area contributed by atoms with Crippen LogP contribution >= 0.6 is 23.2 Å². The van der Waals surface area contributed by atoms with Crippen molar-refractivity contribution < 1.29 is 29.2 Å². The number of hydrogen-bond donors (Lipinski definition) is 2. The molecule has 6 nitrogen and oxygen atoms in total. The third kappa shape index (κ3) is 11.0. The van der Waals surface area contributed by atoms with Crippen LogP contribution in [0.1, 0.15) is 22.3 Å². The number of halogens is 2. The second-order valence-electron chi connectivity index (χ2n) is 10.2. The summed E-state index contributed by atoms with van der Waals surface area (Å²) in [5.41, 5.74) is 3.66. The minimum atomic E-state index is -1.35. The zero-order valence-corrected chi connectivity index (χ0v) is 25.3. The third-order valence-electron chi connectivity index (χ3n) is 6.88. The molecule has 0 saturated heterocycles. The molecule has 8 heteroatoms. The van der Waals surface area contributed by atoms with E-state index in [1.54, 1.807) is 0 Å². The van der Waals surface area contributed by atoms with Crippen molar-refractivity contribution in [1.82, 2.24) is 0 Å². The van der Waals surface area contributed by atoms with E-state index in [1.165, 1.54) is 0 Å². The van der Waals surface area contributed by atoms with Crippen LogP contribution in [0.4, 0.5) is 0 Å². The molecule has 4 aromatic carbocycles. The molecule has 1 unspecified atom stereocenters. The Balaban J connectivity index is 1.62. The Bertz CT molecular complexity index is 1280. The highest BCUT2D eigenvalue weighted by molar-refractivity contribution is 6.44. The van der Waals surface area contributed by atoms with Crippen LogP contribution < -0.4 is 0 Å². The lowest BCUT2D eigenvalue weighted by Gasteiger charge is -2.38. The molecule has 0 radical (unpaired) electrons. The monoisotopic (exact) mass is 624 g/mol. The van der Waals surface area contributed by atoms with Crippen LogP contribution in [0, 0.1) is 0 Å². The zero-order chi connectivity index (χ0) is 30.3. The van der Waals surface area contributed by atoms with Gasteiger partial charge in [0.05, 0.1) is 33.0 Å². The molecule has 43 heavy (non-hydrogen) atoms. The van der Waals surface area contributed by atoms with Gasteiger partial charge in [0, 0.05) is 0 Å². The van der Waals surface area contributed by atoms with Gasteiger partial charge in [-0.15, -0.1) is 23.2 Å². The van der Waals surface area contributed by atoms with Crippen molar-refractivity contribution in [3.8, 4) is 0 Å². The van der Waals surface area contributed by atoms with E-state index in [1.807, 2.05) is 121 Å². The number of ether oxygens (including phenoxy) is 4. The molecule has 5 atom stereocenters. The third-order valence-corrected chi connectivity index (χ3v) is 7.39. The summed E-state index contributed by atoms with van der Waals surface area (Å²) in [7, 11) is 0. The van der Waals surface area contributed by atoms with E-state index in [9.17, 15) is 10.2 Å². The lowest BCUT2D eigenvalue weighted by atomic mass is 9.98. The Morgan fingerprint density at radius 1 is 0.465 bits per heavy atom. The molecule has 2 N–H and O–H groups in total. The average molecular weight is 626 g/mol. The molecular formula is C35H38Cl2O6. The quantitative estimate of drug-likeness (QED) is 0.123. The Kier molecular flexibility index (Phi) is 14.0. The zero-order valence-electron chi connectivity index (χ0n) is 23.8. The molecule has 0 aliphatic carbocycles. The first-order valence-corrected chi connectivity index (χ1v) is 15.1. The van der Waals surface area contributed by atoms with Crippen molar-refractivity contribution in [2.75, 3.05) is 6.61 Å². The highest BCUT2D eigenvalue weighted by Gasteiger charge is 2.42. The largest absolute Gasteiger partial charge is 0.388 e. The predicted octanol–water partition coefficient (Wildman–Crippen LogP) is 6.48. The summed E-state index contributed by atoms with van der Waals surface area (Å²) >= 11 is 12.5. The fourth-order valence-electron chi connectivity index (χ4n) is 4.60. The molecule has 0 aromatic heterocycles. The first-order chi connectivity index (χ1) is 21.0.